The average Bonchev–Trinajstić information content (AvgIpc) is 2.91. The van der Waals surface area contributed by atoms with Gasteiger partial charge in [-0.3, -0.25) is 4.79 Å². The molecule has 3 unspecified atom stereocenters. The van der Waals surface area contributed by atoms with Gasteiger partial charge in [-0.15, -0.1) is 0 Å². The van der Waals surface area contributed by atoms with E-state index >= 15 is 0 Å². The lowest BCUT2D eigenvalue weighted by Crippen LogP contribution is -2.46. The molecular formula is C15H20INO2. The third-order valence-corrected chi connectivity index (χ3v) is 6.48. The number of nitrogens with one attached hydrogen (secondary N) is 1. The molecule has 3 atom stereocenters. The van der Waals surface area contributed by atoms with E-state index in [1.165, 1.54) is 12.8 Å². The van der Waals surface area contributed by atoms with Gasteiger partial charge in [0.2, 0.25) is 0 Å². The summed E-state index contributed by atoms with van der Waals surface area (Å²) in [7, 11) is 0. The Hall–Kier alpha value is -0.520. The molecule has 0 saturated heterocycles. The van der Waals surface area contributed by atoms with Gasteiger partial charge < -0.3 is 9.73 Å². The fourth-order valence-electron chi connectivity index (χ4n) is 4.09. The van der Waals surface area contributed by atoms with Crippen LogP contribution in [0, 0.1) is 20.5 Å². The molecule has 3 nitrogen and oxygen atoms in total. The minimum atomic E-state index is -0.0718. The molecule has 3 rings (SSSR count). The predicted molar refractivity (Wildman–Crippen MR) is 81.9 cm³/mol. The first-order valence-electron chi connectivity index (χ1n) is 6.91. The summed E-state index contributed by atoms with van der Waals surface area (Å²) in [6, 6.07) is 3.84. The molecule has 2 saturated carbocycles. The molecular weight excluding hydrogens is 353 g/mol. The molecule has 1 N–H and O–H groups in total. The van der Waals surface area contributed by atoms with Crippen molar-refractivity contribution in [3.8, 4) is 0 Å². The Balaban J connectivity index is 1.77. The second kappa shape index (κ2) is 4.24. The lowest BCUT2D eigenvalue weighted by Gasteiger charge is -2.39. The maximum absolute atomic E-state index is 12.2. The lowest BCUT2D eigenvalue weighted by molar-refractivity contribution is 0.0799. The van der Waals surface area contributed by atoms with Crippen LogP contribution in [0.15, 0.2) is 16.5 Å². The Kier molecular flexibility index (Phi) is 3.00. The summed E-state index contributed by atoms with van der Waals surface area (Å²) in [6.45, 7) is 7.04. The van der Waals surface area contributed by atoms with Crippen molar-refractivity contribution >= 4 is 28.5 Å². The van der Waals surface area contributed by atoms with Gasteiger partial charge in [0.05, 0.1) is 0 Å². The zero-order chi connectivity index (χ0) is 13.8. The molecule has 104 valence electrons. The van der Waals surface area contributed by atoms with Crippen molar-refractivity contribution < 1.29 is 9.21 Å². The van der Waals surface area contributed by atoms with Gasteiger partial charge in [0, 0.05) is 6.04 Å². The van der Waals surface area contributed by atoms with Crippen LogP contribution in [0.4, 0.5) is 0 Å². The highest BCUT2D eigenvalue weighted by Gasteiger charge is 2.61. The number of fused-ring (bicyclic) bond motifs is 2. The molecule has 2 fully saturated rings. The number of carbonyl (C=O) groups is 1. The van der Waals surface area contributed by atoms with E-state index in [4.69, 9.17) is 4.42 Å². The molecule has 4 heteroatoms. The molecule has 19 heavy (non-hydrogen) atoms. The zero-order valence-electron chi connectivity index (χ0n) is 11.6. The van der Waals surface area contributed by atoms with Gasteiger partial charge in [-0.1, -0.05) is 20.8 Å². The van der Waals surface area contributed by atoms with E-state index in [2.05, 4.69) is 48.7 Å². The molecule has 2 bridgehead atoms. The Morgan fingerprint density at radius 2 is 2.16 bits per heavy atom. The minimum Gasteiger partial charge on any atom is -0.445 e. The third kappa shape index (κ3) is 1.86. The van der Waals surface area contributed by atoms with Crippen molar-refractivity contribution in [2.24, 2.45) is 16.7 Å². The highest BCUT2D eigenvalue weighted by molar-refractivity contribution is 14.1. The second-order valence-corrected chi connectivity index (χ2v) is 7.80. The van der Waals surface area contributed by atoms with Gasteiger partial charge in [-0.25, -0.2) is 0 Å². The van der Waals surface area contributed by atoms with Crippen LogP contribution in [-0.4, -0.2) is 11.9 Å². The van der Waals surface area contributed by atoms with Crippen molar-refractivity contribution in [1.29, 1.82) is 0 Å². The summed E-state index contributed by atoms with van der Waals surface area (Å²) >= 11 is 2.08. The first-order chi connectivity index (χ1) is 8.84. The largest absolute Gasteiger partial charge is 0.445 e. The quantitative estimate of drug-likeness (QED) is 0.801. The van der Waals surface area contributed by atoms with Gasteiger partial charge in [0.25, 0.3) is 5.91 Å². The monoisotopic (exact) mass is 373 g/mol. The summed E-state index contributed by atoms with van der Waals surface area (Å²) in [4.78, 5) is 12.2. The van der Waals surface area contributed by atoms with Gasteiger partial charge in [-0.2, -0.15) is 0 Å². The highest BCUT2D eigenvalue weighted by Crippen LogP contribution is 2.65. The van der Waals surface area contributed by atoms with Crippen LogP contribution in [0.25, 0.3) is 0 Å². The van der Waals surface area contributed by atoms with E-state index in [0.717, 1.165) is 16.1 Å². The molecule has 2 aliphatic rings. The van der Waals surface area contributed by atoms with E-state index in [9.17, 15) is 4.79 Å². The van der Waals surface area contributed by atoms with Crippen LogP contribution in [0.3, 0.4) is 0 Å². The number of halogens is 1. The van der Waals surface area contributed by atoms with E-state index in [0.29, 0.717) is 11.2 Å². The number of hydrogen-bond acceptors (Lipinski definition) is 2. The standard InChI is InChI=1S/C15H20INO2/c1-14(2)9-6-7-15(14,3)11(8-9)17-13(18)10-4-5-12(16)19-10/h4-5,9,11H,6-8H2,1-3H3,(H,17,18). The first kappa shape index (κ1) is 13.5. The lowest BCUT2D eigenvalue weighted by atomic mass is 9.69. The number of carbonyl (C=O) groups excluding carboxylic acids is 1. The summed E-state index contributed by atoms with van der Waals surface area (Å²) in [5.41, 5.74) is 0.537. The number of hydrogen-bond donors (Lipinski definition) is 1. The fraction of sp³-hybridized carbons (Fsp3) is 0.667. The molecule has 1 heterocycles. The maximum Gasteiger partial charge on any atom is 0.287 e. The predicted octanol–water partition coefficient (Wildman–Crippen LogP) is 3.83. The maximum atomic E-state index is 12.2. The van der Waals surface area contributed by atoms with Crippen LogP contribution < -0.4 is 5.32 Å². The Morgan fingerprint density at radius 3 is 2.63 bits per heavy atom. The van der Waals surface area contributed by atoms with Crippen molar-refractivity contribution in [3.63, 3.8) is 0 Å². The highest BCUT2D eigenvalue weighted by atomic mass is 127. The molecule has 1 aromatic heterocycles. The Morgan fingerprint density at radius 1 is 1.42 bits per heavy atom. The van der Waals surface area contributed by atoms with Crippen molar-refractivity contribution in [1.82, 2.24) is 5.32 Å². The fourth-order valence-corrected chi connectivity index (χ4v) is 4.50. The summed E-state index contributed by atoms with van der Waals surface area (Å²) in [5, 5.41) is 3.20. The van der Waals surface area contributed by atoms with Crippen LogP contribution >= 0.6 is 22.6 Å². The minimum absolute atomic E-state index is 0.0718. The van der Waals surface area contributed by atoms with Crippen LogP contribution in [0.5, 0.6) is 0 Å². The second-order valence-electron chi connectivity index (χ2n) is 6.74. The summed E-state index contributed by atoms with van der Waals surface area (Å²) in [6.07, 6.45) is 3.62. The number of amides is 1. The normalized spacial score (nSPS) is 35.6. The first-order valence-corrected chi connectivity index (χ1v) is 7.99. The third-order valence-electron chi connectivity index (χ3n) is 5.90. The number of furan rings is 1. The van der Waals surface area contributed by atoms with E-state index in [1.807, 2.05) is 6.07 Å². The smallest absolute Gasteiger partial charge is 0.287 e. The van der Waals surface area contributed by atoms with Crippen LogP contribution in [0.2, 0.25) is 0 Å². The SMILES string of the molecule is CC1(C)C2CCC1(C)C(NC(=O)c1ccc(I)o1)C2. The van der Waals surface area contributed by atoms with Gasteiger partial charge in [-0.05, 0) is 70.7 Å². The Labute approximate surface area is 127 Å². The van der Waals surface area contributed by atoms with Crippen molar-refractivity contribution in [3.05, 3.63) is 21.7 Å². The van der Waals surface area contributed by atoms with Crippen molar-refractivity contribution in [2.45, 2.75) is 46.1 Å². The van der Waals surface area contributed by atoms with Gasteiger partial charge in [0.1, 0.15) is 0 Å². The molecule has 2 aliphatic carbocycles. The van der Waals surface area contributed by atoms with E-state index in [-0.39, 0.29) is 17.4 Å². The molecule has 0 aromatic carbocycles. The summed E-state index contributed by atoms with van der Waals surface area (Å²) in [5.74, 6) is 1.09. The average molecular weight is 373 g/mol. The summed E-state index contributed by atoms with van der Waals surface area (Å²) < 4.78 is 6.15. The van der Waals surface area contributed by atoms with Crippen LogP contribution in [-0.2, 0) is 0 Å². The molecule has 0 spiro atoms. The Bertz CT molecular complexity index is 522. The van der Waals surface area contributed by atoms with Crippen LogP contribution in [0.1, 0.15) is 50.6 Å². The topological polar surface area (TPSA) is 42.2 Å². The molecule has 1 amide bonds. The zero-order valence-corrected chi connectivity index (χ0v) is 13.8. The van der Waals surface area contributed by atoms with Gasteiger partial charge >= 0.3 is 0 Å². The van der Waals surface area contributed by atoms with Crippen molar-refractivity contribution in [2.75, 3.05) is 0 Å². The van der Waals surface area contributed by atoms with E-state index < -0.39 is 0 Å². The number of rotatable bonds is 2. The molecule has 0 radical (unpaired) electrons. The van der Waals surface area contributed by atoms with E-state index in [1.54, 1.807) is 6.07 Å². The molecule has 1 aromatic rings. The van der Waals surface area contributed by atoms with Gasteiger partial charge in [0.15, 0.2) is 9.53 Å². The molecule has 0 aliphatic heterocycles.